The second-order valence-corrected chi connectivity index (χ2v) is 3.17. The zero-order valence-corrected chi connectivity index (χ0v) is 8.01. The lowest BCUT2D eigenvalue weighted by Crippen LogP contribution is -2.42. The van der Waals surface area contributed by atoms with Gasteiger partial charge in [0.15, 0.2) is 0 Å². The molecule has 1 heterocycles. The van der Waals surface area contributed by atoms with E-state index in [0.29, 0.717) is 12.1 Å². The molecule has 1 aliphatic heterocycles. The second-order valence-electron chi connectivity index (χ2n) is 3.17. The highest BCUT2D eigenvalue weighted by Gasteiger charge is 2.24. The minimum absolute atomic E-state index is 0.366. The van der Waals surface area contributed by atoms with Crippen molar-refractivity contribution in [3.63, 3.8) is 0 Å². The van der Waals surface area contributed by atoms with Crippen LogP contribution in [0.2, 0.25) is 0 Å². The van der Waals surface area contributed by atoms with E-state index < -0.39 is 0 Å². The van der Waals surface area contributed by atoms with Crippen LogP contribution in [0.5, 0.6) is 0 Å². The van der Waals surface area contributed by atoms with Gasteiger partial charge in [-0.1, -0.05) is 6.92 Å². The largest absolute Gasteiger partial charge is 0.383 e. The van der Waals surface area contributed by atoms with Gasteiger partial charge in [0.05, 0.1) is 18.8 Å². The van der Waals surface area contributed by atoms with E-state index in [-0.39, 0.29) is 0 Å². The highest BCUT2D eigenvalue weighted by molar-refractivity contribution is 4.79. The summed E-state index contributed by atoms with van der Waals surface area (Å²) in [5, 5.41) is 3.38. The Balaban J connectivity index is 2.29. The van der Waals surface area contributed by atoms with Crippen molar-refractivity contribution in [3.8, 4) is 0 Å². The minimum atomic E-state index is 0.366. The van der Waals surface area contributed by atoms with Gasteiger partial charge in [-0.25, -0.2) is 0 Å². The summed E-state index contributed by atoms with van der Waals surface area (Å²) in [6, 6.07) is 0.377. The third kappa shape index (κ3) is 2.73. The van der Waals surface area contributed by atoms with Crippen molar-refractivity contribution in [2.75, 3.05) is 26.9 Å². The molecule has 0 aliphatic carbocycles. The lowest BCUT2D eigenvalue weighted by molar-refractivity contribution is 0.0442. The first kappa shape index (κ1) is 9.96. The fourth-order valence-corrected chi connectivity index (χ4v) is 1.66. The summed E-state index contributed by atoms with van der Waals surface area (Å²) >= 11 is 0. The maximum atomic E-state index is 5.58. The standard InChI is InChI=1S/C9H19NO2/c1-3-10-8(7-11-2)9-5-4-6-12-9/h8-10H,3-7H2,1-2H3. The van der Waals surface area contributed by atoms with Crippen molar-refractivity contribution < 1.29 is 9.47 Å². The van der Waals surface area contributed by atoms with Crippen molar-refractivity contribution in [1.82, 2.24) is 5.32 Å². The van der Waals surface area contributed by atoms with Crippen LogP contribution in [0.3, 0.4) is 0 Å². The Bertz CT molecular complexity index is 107. The summed E-state index contributed by atoms with van der Waals surface area (Å²) in [7, 11) is 1.74. The fourth-order valence-electron chi connectivity index (χ4n) is 1.66. The Morgan fingerprint density at radius 1 is 1.67 bits per heavy atom. The van der Waals surface area contributed by atoms with E-state index in [9.17, 15) is 0 Å². The summed E-state index contributed by atoms with van der Waals surface area (Å²) in [6.45, 7) is 4.75. The first-order valence-corrected chi connectivity index (χ1v) is 4.72. The summed E-state index contributed by atoms with van der Waals surface area (Å²) < 4.78 is 10.7. The van der Waals surface area contributed by atoms with Crippen LogP contribution in [0.25, 0.3) is 0 Å². The smallest absolute Gasteiger partial charge is 0.0751 e. The van der Waals surface area contributed by atoms with Crippen molar-refractivity contribution in [3.05, 3.63) is 0 Å². The Labute approximate surface area is 74.4 Å². The molecule has 0 spiro atoms. The van der Waals surface area contributed by atoms with Gasteiger partial charge in [-0.3, -0.25) is 0 Å². The molecular formula is C9H19NO2. The molecule has 1 saturated heterocycles. The third-order valence-electron chi connectivity index (χ3n) is 2.23. The molecule has 0 saturated carbocycles. The van der Waals surface area contributed by atoms with Gasteiger partial charge in [0.1, 0.15) is 0 Å². The summed E-state index contributed by atoms with van der Waals surface area (Å²) in [4.78, 5) is 0. The van der Waals surface area contributed by atoms with Gasteiger partial charge >= 0.3 is 0 Å². The maximum Gasteiger partial charge on any atom is 0.0751 e. The molecule has 0 bridgehead atoms. The molecule has 2 unspecified atom stereocenters. The zero-order valence-electron chi connectivity index (χ0n) is 8.01. The van der Waals surface area contributed by atoms with Gasteiger partial charge in [0.25, 0.3) is 0 Å². The van der Waals surface area contributed by atoms with Crippen LogP contribution >= 0.6 is 0 Å². The van der Waals surface area contributed by atoms with Gasteiger partial charge in [-0.05, 0) is 19.4 Å². The number of nitrogens with one attached hydrogen (secondary N) is 1. The highest BCUT2D eigenvalue weighted by atomic mass is 16.5. The van der Waals surface area contributed by atoms with Gasteiger partial charge < -0.3 is 14.8 Å². The van der Waals surface area contributed by atoms with Crippen molar-refractivity contribution >= 4 is 0 Å². The summed E-state index contributed by atoms with van der Waals surface area (Å²) in [5.41, 5.74) is 0. The van der Waals surface area contributed by atoms with Crippen LogP contribution in [-0.2, 0) is 9.47 Å². The van der Waals surface area contributed by atoms with Crippen molar-refractivity contribution in [1.29, 1.82) is 0 Å². The fraction of sp³-hybridized carbons (Fsp3) is 1.00. The van der Waals surface area contributed by atoms with Crippen LogP contribution < -0.4 is 5.32 Å². The molecule has 1 N–H and O–H groups in total. The summed E-state index contributed by atoms with van der Waals surface area (Å²) in [6.07, 6.45) is 2.72. The molecule has 1 fully saturated rings. The van der Waals surface area contributed by atoms with Crippen LogP contribution in [0, 0.1) is 0 Å². The quantitative estimate of drug-likeness (QED) is 0.666. The Morgan fingerprint density at radius 3 is 3.00 bits per heavy atom. The molecule has 0 aromatic rings. The molecule has 0 amide bonds. The number of rotatable bonds is 5. The van der Waals surface area contributed by atoms with E-state index in [1.165, 1.54) is 12.8 Å². The van der Waals surface area contributed by atoms with Gasteiger partial charge in [0, 0.05) is 13.7 Å². The number of methoxy groups -OCH3 is 1. The molecule has 72 valence electrons. The van der Waals surface area contributed by atoms with E-state index in [0.717, 1.165) is 19.8 Å². The molecule has 3 heteroatoms. The van der Waals surface area contributed by atoms with Gasteiger partial charge in [-0.2, -0.15) is 0 Å². The van der Waals surface area contributed by atoms with Crippen LogP contribution in [0.4, 0.5) is 0 Å². The first-order chi connectivity index (χ1) is 5.88. The second kappa shape index (κ2) is 5.51. The predicted octanol–water partition coefficient (Wildman–Crippen LogP) is 0.790. The van der Waals surface area contributed by atoms with E-state index in [1.54, 1.807) is 7.11 Å². The van der Waals surface area contributed by atoms with Crippen LogP contribution in [-0.4, -0.2) is 39.0 Å². The minimum Gasteiger partial charge on any atom is -0.383 e. The molecule has 3 nitrogen and oxygen atoms in total. The predicted molar refractivity (Wildman–Crippen MR) is 48.3 cm³/mol. The van der Waals surface area contributed by atoms with E-state index in [2.05, 4.69) is 12.2 Å². The molecule has 12 heavy (non-hydrogen) atoms. The molecular weight excluding hydrogens is 154 g/mol. The highest BCUT2D eigenvalue weighted by Crippen LogP contribution is 2.15. The SMILES string of the molecule is CCNC(COC)C1CCCO1. The Hall–Kier alpha value is -0.120. The van der Waals surface area contributed by atoms with E-state index in [4.69, 9.17) is 9.47 Å². The Kier molecular flexibility index (Phi) is 4.58. The monoisotopic (exact) mass is 173 g/mol. The average Bonchev–Trinajstić information content (AvgIpc) is 2.56. The molecule has 1 aliphatic rings. The molecule has 1 rings (SSSR count). The lowest BCUT2D eigenvalue weighted by Gasteiger charge is -2.22. The molecule has 0 aromatic carbocycles. The number of likely N-dealkylation sites (N-methyl/N-ethyl adjacent to an activating group) is 1. The summed E-state index contributed by atoms with van der Waals surface area (Å²) in [5.74, 6) is 0. The maximum absolute atomic E-state index is 5.58. The van der Waals surface area contributed by atoms with Crippen LogP contribution in [0.15, 0.2) is 0 Å². The number of hydrogen-bond acceptors (Lipinski definition) is 3. The average molecular weight is 173 g/mol. The van der Waals surface area contributed by atoms with E-state index in [1.807, 2.05) is 0 Å². The zero-order chi connectivity index (χ0) is 8.81. The van der Waals surface area contributed by atoms with Crippen molar-refractivity contribution in [2.45, 2.75) is 31.9 Å². The Morgan fingerprint density at radius 2 is 2.50 bits per heavy atom. The molecule has 0 aromatic heterocycles. The third-order valence-corrected chi connectivity index (χ3v) is 2.23. The van der Waals surface area contributed by atoms with Crippen LogP contribution in [0.1, 0.15) is 19.8 Å². The van der Waals surface area contributed by atoms with Crippen molar-refractivity contribution in [2.24, 2.45) is 0 Å². The normalized spacial score (nSPS) is 26.0. The van der Waals surface area contributed by atoms with Gasteiger partial charge in [-0.15, -0.1) is 0 Å². The number of ether oxygens (including phenoxy) is 2. The van der Waals surface area contributed by atoms with Gasteiger partial charge in [0.2, 0.25) is 0 Å². The lowest BCUT2D eigenvalue weighted by atomic mass is 10.1. The molecule has 0 radical (unpaired) electrons. The number of hydrogen-bond donors (Lipinski definition) is 1. The van der Waals surface area contributed by atoms with E-state index >= 15 is 0 Å². The topological polar surface area (TPSA) is 30.5 Å². The molecule has 2 atom stereocenters. The first-order valence-electron chi connectivity index (χ1n) is 4.72.